The first-order valence-electron chi connectivity index (χ1n) is 14.4. The van der Waals surface area contributed by atoms with E-state index in [-0.39, 0.29) is 5.97 Å². The quantitative estimate of drug-likeness (QED) is 0.322. The van der Waals surface area contributed by atoms with Crippen LogP contribution >= 0.6 is 0 Å². The zero-order chi connectivity index (χ0) is 28.0. The van der Waals surface area contributed by atoms with Crippen LogP contribution in [0.4, 0.5) is 5.69 Å². The second-order valence-corrected chi connectivity index (χ2v) is 10.8. The van der Waals surface area contributed by atoms with Crippen molar-refractivity contribution in [3.05, 3.63) is 130 Å². The minimum Gasteiger partial charge on any atom is -0.497 e. The summed E-state index contributed by atoms with van der Waals surface area (Å²) in [5.41, 5.74) is 10.9. The lowest BCUT2D eigenvalue weighted by atomic mass is 9.67. The highest BCUT2D eigenvalue weighted by Crippen LogP contribution is 2.55. The zero-order valence-electron chi connectivity index (χ0n) is 23.5. The van der Waals surface area contributed by atoms with E-state index in [4.69, 9.17) is 14.2 Å². The van der Waals surface area contributed by atoms with Gasteiger partial charge >= 0.3 is 5.97 Å². The smallest absolute Gasteiger partial charge is 0.338 e. The average molecular weight is 544 g/mol. The van der Waals surface area contributed by atoms with Gasteiger partial charge in [-0.3, -0.25) is 0 Å². The number of carbonyl (C=O) groups excluding carboxylic acids is 1. The van der Waals surface area contributed by atoms with E-state index < -0.39 is 5.41 Å². The van der Waals surface area contributed by atoms with Gasteiger partial charge in [-0.1, -0.05) is 54.6 Å². The number of hydrogen-bond donors (Lipinski definition) is 0. The molecule has 5 nitrogen and oxygen atoms in total. The molecule has 1 saturated heterocycles. The van der Waals surface area contributed by atoms with Crippen molar-refractivity contribution in [1.82, 2.24) is 0 Å². The Balaban J connectivity index is 1.41. The van der Waals surface area contributed by atoms with Crippen LogP contribution in [0.25, 0.3) is 11.1 Å². The summed E-state index contributed by atoms with van der Waals surface area (Å²) >= 11 is 0. The summed E-state index contributed by atoms with van der Waals surface area (Å²) in [4.78, 5) is 15.1. The second kappa shape index (κ2) is 10.2. The fourth-order valence-corrected chi connectivity index (χ4v) is 6.65. The summed E-state index contributed by atoms with van der Waals surface area (Å²) < 4.78 is 16.4. The van der Waals surface area contributed by atoms with Crippen molar-refractivity contribution in [2.24, 2.45) is 0 Å². The van der Waals surface area contributed by atoms with Crippen LogP contribution in [0.3, 0.4) is 0 Å². The minimum absolute atomic E-state index is 0.286. The predicted octanol–water partition coefficient (Wildman–Crippen LogP) is 6.75. The van der Waals surface area contributed by atoms with Gasteiger partial charge in [-0.25, -0.2) is 4.79 Å². The molecule has 206 valence electrons. The largest absolute Gasteiger partial charge is 0.497 e. The molecule has 1 atom stereocenters. The number of esters is 1. The Morgan fingerprint density at radius 2 is 1.66 bits per heavy atom. The fraction of sp³-hybridized carbons (Fsp3) is 0.250. The molecule has 3 aromatic carbocycles. The summed E-state index contributed by atoms with van der Waals surface area (Å²) in [5.74, 6) is 0.541. The Morgan fingerprint density at radius 3 is 2.37 bits per heavy atom. The minimum atomic E-state index is -0.516. The lowest BCUT2D eigenvalue weighted by Gasteiger charge is -2.36. The number of hydrogen-bond acceptors (Lipinski definition) is 5. The number of carbonyl (C=O) groups is 1. The molecule has 41 heavy (non-hydrogen) atoms. The normalized spacial score (nSPS) is 20.7. The number of ether oxygens (including phenoxy) is 3. The average Bonchev–Trinajstić information content (AvgIpc) is 3.35. The number of morpholine rings is 1. The van der Waals surface area contributed by atoms with Crippen LogP contribution in [0.15, 0.2) is 102 Å². The van der Waals surface area contributed by atoms with E-state index in [2.05, 4.69) is 71.7 Å². The van der Waals surface area contributed by atoms with E-state index in [1.54, 1.807) is 7.11 Å². The zero-order valence-corrected chi connectivity index (χ0v) is 23.5. The molecule has 3 aromatic rings. The van der Waals surface area contributed by atoms with Crippen molar-refractivity contribution in [2.75, 3.05) is 44.9 Å². The van der Waals surface area contributed by atoms with Crippen LogP contribution in [0.1, 0.15) is 46.0 Å². The van der Waals surface area contributed by atoms with Crippen LogP contribution < -0.4 is 9.64 Å². The molecule has 0 N–H and O–H groups in total. The number of fused-ring (bicyclic) bond motifs is 3. The molecular weight excluding hydrogens is 510 g/mol. The molecule has 4 aliphatic rings. The number of benzene rings is 3. The van der Waals surface area contributed by atoms with Gasteiger partial charge in [-0.15, -0.1) is 0 Å². The van der Waals surface area contributed by atoms with E-state index in [1.807, 2.05) is 31.2 Å². The predicted molar refractivity (Wildman–Crippen MR) is 162 cm³/mol. The molecule has 1 heterocycles. The third kappa shape index (κ3) is 4.23. The van der Waals surface area contributed by atoms with Gasteiger partial charge in [0.2, 0.25) is 0 Å². The molecular formula is C36H33NO4. The fourth-order valence-electron chi connectivity index (χ4n) is 6.65. The Bertz CT molecular complexity index is 1640. The number of anilines is 1. The number of methoxy groups -OCH3 is 1. The van der Waals surface area contributed by atoms with Crippen LogP contribution in [-0.4, -0.2) is 46.0 Å². The van der Waals surface area contributed by atoms with E-state index in [0.29, 0.717) is 12.2 Å². The van der Waals surface area contributed by atoms with Crippen molar-refractivity contribution in [3.8, 4) is 5.75 Å². The first-order chi connectivity index (χ1) is 20.1. The monoisotopic (exact) mass is 543 g/mol. The maximum Gasteiger partial charge on any atom is 0.338 e. The van der Waals surface area contributed by atoms with Crippen molar-refractivity contribution < 1.29 is 19.0 Å². The highest BCUT2D eigenvalue weighted by Gasteiger charge is 2.40. The van der Waals surface area contributed by atoms with E-state index >= 15 is 0 Å². The highest BCUT2D eigenvalue weighted by atomic mass is 16.5. The van der Waals surface area contributed by atoms with Gasteiger partial charge in [-0.2, -0.15) is 0 Å². The van der Waals surface area contributed by atoms with Crippen molar-refractivity contribution in [3.63, 3.8) is 0 Å². The molecule has 0 spiro atoms. The molecule has 0 aromatic heterocycles. The van der Waals surface area contributed by atoms with Crippen LogP contribution in [0, 0.1) is 0 Å². The first kappa shape index (κ1) is 25.6. The summed E-state index contributed by atoms with van der Waals surface area (Å²) in [6.45, 7) is 5.51. The van der Waals surface area contributed by atoms with Crippen molar-refractivity contribution in [2.45, 2.75) is 18.8 Å². The third-order valence-corrected chi connectivity index (χ3v) is 8.67. The number of nitrogens with zero attached hydrogens (tertiary/aromatic N) is 1. The molecule has 1 aliphatic heterocycles. The SMILES string of the molecule is CCOC(=O)c1ccc2c(c1)C1=CC(c3ccc(OC)cc3)(c3ccc(N4CCOCC4)cc3)C=C3C=CCC2=C31. The first-order valence-corrected chi connectivity index (χ1v) is 14.4. The van der Waals surface area contributed by atoms with Crippen molar-refractivity contribution in [1.29, 1.82) is 0 Å². The second-order valence-electron chi connectivity index (χ2n) is 10.8. The maximum absolute atomic E-state index is 12.7. The standard InChI is InChI=1S/C36H33NO4/c1-3-41-35(38)24-7-16-30-31-6-4-5-25-22-36(23-33(34(25)31)32(30)21-24,27-10-14-29(39-2)15-11-27)26-8-12-28(13-9-26)37-17-19-40-20-18-37/h4-5,7-16,21-23H,3,6,17-20H2,1-2H3. The summed E-state index contributed by atoms with van der Waals surface area (Å²) in [7, 11) is 1.70. The molecule has 1 unspecified atom stereocenters. The Morgan fingerprint density at radius 1 is 0.927 bits per heavy atom. The number of allylic oxidation sites excluding steroid dienone is 8. The van der Waals surface area contributed by atoms with Crippen LogP contribution in [-0.2, 0) is 14.9 Å². The summed E-state index contributed by atoms with van der Waals surface area (Å²) in [6, 6.07) is 23.4. The maximum atomic E-state index is 12.7. The van der Waals surface area contributed by atoms with Crippen molar-refractivity contribution >= 4 is 22.8 Å². The topological polar surface area (TPSA) is 48.0 Å². The van der Waals surface area contributed by atoms with Crippen LogP contribution in [0.5, 0.6) is 5.75 Å². The molecule has 1 fully saturated rings. The Labute approximate surface area is 241 Å². The van der Waals surface area contributed by atoms with E-state index in [0.717, 1.165) is 49.6 Å². The highest BCUT2D eigenvalue weighted by molar-refractivity contribution is 6.08. The Hall–Kier alpha value is -4.35. The van der Waals surface area contributed by atoms with Gasteiger partial charge in [0.1, 0.15) is 5.75 Å². The third-order valence-electron chi connectivity index (χ3n) is 8.67. The van der Waals surface area contributed by atoms with Gasteiger partial charge < -0.3 is 19.1 Å². The molecule has 3 aliphatic carbocycles. The molecule has 0 saturated carbocycles. The lowest BCUT2D eigenvalue weighted by Crippen LogP contribution is -2.36. The van der Waals surface area contributed by atoms with Gasteiger partial charge in [0.05, 0.1) is 37.9 Å². The molecule has 0 radical (unpaired) electrons. The summed E-state index contributed by atoms with van der Waals surface area (Å²) in [6.07, 6.45) is 10.2. The molecule has 0 amide bonds. The van der Waals surface area contributed by atoms with Gasteiger partial charge in [-0.05, 0) is 94.3 Å². The van der Waals surface area contributed by atoms with Crippen LogP contribution in [0.2, 0.25) is 0 Å². The van der Waals surface area contributed by atoms with Gasteiger partial charge in [0, 0.05) is 18.8 Å². The lowest BCUT2D eigenvalue weighted by molar-refractivity contribution is 0.0526. The van der Waals surface area contributed by atoms with E-state index in [1.165, 1.54) is 39.1 Å². The Kier molecular flexibility index (Phi) is 6.40. The summed E-state index contributed by atoms with van der Waals surface area (Å²) in [5, 5.41) is 0. The molecule has 0 bridgehead atoms. The van der Waals surface area contributed by atoms with Gasteiger partial charge in [0.15, 0.2) is 0 Å². The number of rotatable bonds is 6. The molecule has 7 rings (SSSR count). The molecule has 5 heteroatoms. The van der Waals surface area contributed by atoms with E-state index in [9.17, 15) is 4.79 Å². The van der Waals surface area contributed by atoms with Gasteiger partial charge in [0.25, 0.3) is 0 Å².